The standard InChI is InChI=1S/C21H28N2O2/c24-19(22-13-16-8-9-16)12-21(10-4-1-5-11-21)15-23-14-17-6-2-3-7-18(17)20(23)25/h2-3,6-7,16H,1,4-5,8-15H2,(H,22,24). The Kier molecular flexibility index (Phi) is 4.53. The third-order valence-electron chi connectivity index (χ3n) is 6.16. The van der Waals surface area contributed by atoms with Crippen LogP contribution in [-0.2, 0) is 11.3 Å². The second-order valence-corrected chi connectivity index (χ2v) is 8.30. The fraction of sp³-hybridized carbons (Fsp3) is 0.619. The van der Waals surface area contributed by atoms with Crippen molar-refractivity contribution in [2.75, 3.05) is 13.1 Å². The van der Waals surface area contributed by atoms with E-state index < -0.39 is 0 Å². The minimum absolute atomic E-state index is 0.0381. The number of carbonyl (C=O) groups is 2. The predicted molar refractivity (Wildman–Crippen MR) is 97.1 cm³/mol. The lowest BCUT2D eigenvalue weighted by molar-refractivity contribution is -0.124. The summed E-state index contributed by atoms with van der Waals surface area (Å²) < 4.78 is 0. The second kappa shape index (κ2) is 6.81. The van der Waals surface area contributed by atoms with Gasteiger partial charge in [-0.2, -0.15) is 0 Å². The lowest BCUT2D eigenvalue weighted by Crippen LogP contribution is -2.43. The number of hydrogen-bond acceptors (Lipinski definition) is 2. The average Bonchev–Trinajstić information content (AvgIpc) is 3.40. The number of amides is 2. The summed E-state index contributed by atoms with van der Waals surface area (Å²) in [6.45, 7) is 2.25. The van der Waals surface area contributed by atoms with Gasteiger partial charge in [-0.25, -0.2) is 0 Å². The van der Waals surface area contributed by atoms with E-state index in [-0.39, 0.29) is 17.2 Å². The number of benzene rings is 1. The molecule has 1 aliphatic heterocycles. The fourth-order valence-corrected chi connectivity index (χ4v) is 4.52. The van der Waals surface area contributed by atoms with Gasteiger partial charge in [0.05, 0.1) is 0 Å². The van der Waals surface area contributed by atoms with Crippen LogP contribution in [-0.4, -0.2) is 29.8 Å². The van der Waals surface area contributed by atoms with E-state index in [4.69, 9.17) is 0 Å². The van der Waals surface area contributed by atoms with Gasteiger partial charge in [-0.05, 0) is 48.6 Å². The summed E-state index contributed by atoms with van der Waals surface area (Å²) in [5.41, 5.74) is 1.92. The molecule has 2 amide bonds. The van der Waals surface area contributed by atoms with E-state index in [2.05, 4.69) is 5.32 Å². The average molecular weight is 340 g/mol. The smallest absolute Gasteiger partial charge is 0.254 e. The van der Waals surface area contributed by atoms with Crippen molar-refractivity contribution in [2.45, 2.75) is 57.9 Å². The number of fused-ring (bicyclic) bond motifs is 1. The first-order valence-corrected chi connectivity index (χ1v) is 9.79. The van der Waals surface area contributed by atoms with E-state index in [9.17, 15) is 9.59 Å². The Hall–Kier alpha value is -1.84. The highest BCUT2D eigenvalue weighted by atomic mass is 16.2. The molecule has 0 spiro atoms. The maximum Gasteiger partial charge on any atom is 0.254 e. The monoisotopic (exact) mass is 340 g/mol. The van der Waals surface area contributed by atoms with Crippen molar-refractivity contribution in [3.05, 3.63) is 35.4 Å². The van der Waals surface area contributed by atoms with Gasteiger partial charge in [0, 0.05) is 31.6 Å². The van der Waals surface area contributed by atoms with Crippen LogP contribution in [0.2, 0.25) is 0 Å². The topological polar surface area (TPSA) is 49.4 Å². The van der Waals surface area contributed by atoms with Gasteiger partial charge < -0.3 is 10.2 Å². The molecule has 1 heterocycles. The molecule has 0 saturated heterocycles. The van der Waals surface area contributed by atoms with E-state index in [1.165, 1.54) is 32.1 Å². The number of nitrogens with zero attached hydrogens (tertiary/aromatic N) is 1. The number of rotatable bonds is 6. The minimum Gasteiger partial charge on any atom is -0.356 e. The molecule has 2 saturated carbocycles. The van der Waals surface area contributed by atoms with Crippen LogP contribution in [0.25, 0.3) is 0 Å². The van der Waals surface area contributed by atoms with Gasteiger partial charge in [-0.3, -0.25) is 9.59 Å². The first kappa shape index (κ1) is 16.6. The van der Waals surface area contributed by atoms with Crippen molar-refractivity contribution in [3.8, 4) is 0 Å². The molecule has 0 unspecified atom stereocenters. The zero-order chi connectivity index (χ0) is 17.3. The molecule has 3 aliphatic rings. The molecule has 2 aliphatic carbocycles. The van der Waals surface area contributed by atoms with Crippen LogP contribution in [0.4, 0.5) is 0 Å². The van der Waals surface area contributed by atoms with Crippen molar-refractivity contribution >= 4 is 11.8 Å². The Morgan fingerprint density at radius 2 is 1.92 bits per heavy atom. The van der Waals surface area contributed by atoms with Crippen LogP contribution in [0, 0.1) is 11.3 Å². The summed E-state index contributed by atoms with van der Waals surface area (Å²) in [5.74, 6) is 1.03. The Labute approximate surface area is 150 Å². The van der Waals surface area contributed by atoms with Crippen LogP contribution < -0.4 is 5.32 Å². The van der Waals surface area contributed by atoms with Crippen molar-refractivity contribution in [1.29, 1.82) is 0 Å². The molecule has 4 rings (SSSR count). The molecule has 0 atom stereocenters. The van der Waals surface area contributed by atoms with Gasteiger partial charge in [0.25, 0.3) is 5.91 Å². The Balaban J connectivity index is 1.44. The fourth-order valence-electron chi connectivity index (χ4n) is 4.52. The predicted octanol–water partition coefficient (Wildman–Crippen LogP) is 3.51. The molecule has 4 heteroatoms. The largest absolute Gasteiger partial charge is 0.356 e. The summed E-state index contributed by atoms with van der Waals surface area (Å²) in [6, 6.07) is 7.90. The molecule has 134 valence electrons. The van der Waals surface area contributed by atoms with Gasteiger partial charge >= 0.3 is 0 Å². The van der Waals surface area contributed by atoms with Crippen molar-refractivity contribution in [3.63, 3.8) is 0 Å². The van der Waals surface area contributed by atoms with Crippen LogP contribution in [0.15, 0.2) is 24.3 Å². The molecule has 2 fully saturated rings. The van der Waals surface area contributed by atoms with Gasteiger partial charge in [0.1, 0.15) is 0 Å². The van der Waals surface area contributed by atoms with E-state index in [0.717, 1.165) is 37.1 Å². The molecule has 0 radical (unpaired) electrons. The maximum atomic E-state index is 12.7. The van der Waals surface area contributed by atoms with Crippen molar-refractivity contribution in [2.24, 2.45) is 11.3 Å². The Morgan fingerprint density at radius 3 is 2.64 bits per heavy atom. The van der Waals surface area contributed by atoms with Crippen LogP contribution in [0.5, 0.6) is 0 Å². The molecule has 0 bridgehead atoms. The van der Waals surface area contributed by atoms with Crippen molar-refractivity contribution in [1.82, 2.24) is 10.2 Å². The third kappa shape index (κ3) is 3.73. The van der Waals surface area contributed by atoms with Crippen LogP contribution >= 0.6 is 0 Å². The van der Waals surface area contributed by atoms with Gasteiger partial charge in [-0.15, -0.1) is 0 Å². The van der Waals surface area contributed by atoms with Crippen LogP contribution in [0.1, 0.15) is 67.3 Å². The number of hydrogen-bond donors (Lipinski definition) is 1. The Morgan fingerprint density at radius 1 is 1.16 bits per heavy atom. The highest BCUT2D eigenvalue weighted by Gasteiger charge is 2.39. The maximum absolute atomic E-state index is 12.7. The highest BCUT2D eigenvalue weighted by Crippen LogP contribution is 2.41. The Bertz CT molecular complexity index is 660. The summed E-state index contributed by atoms with van der Waals surface area (Å²) in [7, 11) is 0. The quantitative estimate of drug-likeness (QED) is 0.861. The normalized spacial score (nSPS) is 21.9. The summed E-state index contributed by atoms with van der Waals surface area (Å²) in [6.07, 6.45) is 8.79. The lowest BCUT2D eigenvalue weighted by Gasteiger charge is -2.39. The van der Waals surface area contributed by atoms with Crippen molar-refractivity contribution < 1.29 is 9.59 Å². The van der Waals surface area contributed by atoms with Gasteiger partial charge in [0.2, 0.25) is 5.91 Å². The first-order chi connectivity index (χ1) is 12.2. The number of carbonyl (C=O) groups excluding carboxylic acids is 2. The SMILES string of the molecule is O=C(CC1(CN2Cc3ccccc3C2=O)CCCCC1)NCC1CC1. The molecule has 1 aromatic rings. The third-order valence-corrected chi connectivity index (χ3v) is 6.16. The minimum atomic E-state index is -0.0381. The first-order valence-electron chi connectivity index (χ1n) is 9.79. The molecule has 25 heavy (non-hydrogen) atoms. The van der Waals surface area contributed by atoms with Gasteiger partial charge in [-0.1, -0.05) is 37.5 Å². The molecule has 4 nitrogen and oxygen atoms in total. The van der Waals surface area contributed by atoms with E-state index >= 15 is 0 Å². The van der Waals surface area contributed by atoms with Crippen LogP contribution in [0.3, 0.4) is 0 Å². The molecular weight excluding hydrogens is 312 g/mol. The summed E-state index contributed by atoms with van der Waals surface area (Å²) in [5, 5.41) is 3.13. The molecule has 1 aromatic carbocycles. The van der Waals surface area contributed by atoms with Gasteiger partial charge in [0.15, 0.2) is 0 Å². The molecule has 0 aromatic heterocycles. The summed E-state index contributed by atoms with van der Waals surface area (Å²) >= 11 is 0. The zero-order valence-corrected chi connectivity index (χ0v) is 14.9. The second-order valence-electron chi connectivity index (χ2n) is 8.30. The van der Waals surface area contributed by atoms with E-state index in [1.54, 1.807) is 0 Å². The number of nitrogens with one attached hydrogen (secondary N) is 1. The lowest BCUT2D eigenvalue weighted by atomic mass is 9.71. The van der Waals surface area contributed by atoms with E-state index in [1.807, 2.05) is 29.2 Å². The highest BCUT2D eigenvalue weighted by molar-refractivity contribution is 5.98. The zero-order valence-electron chi connectivity index (χ0n) is 14.9. The molecule has 1 N–H and O–H groups in total. The van der Waals surface area contributed by atoms with E-state index in [0.29, 0.717) is 18.9 Å². The molecular formula is C21H28N2O2. The summed E-state index contributed by atoms with van der Waals surface area (Å²) in [4.78, 5) is 27.2.